The van der Waals surface area contributed by atoms with Gasteiger partial charge < -0.3 is 4.90 Å². The third-order valence-corrected chi connectivity index (χ3v) is 8.68. The monoisotopic (exact) mass is 485 g/mol. The second kappa shape index (κ2) is 10.1. The van der Waals surface area contributed by atoms with Crippen molar-refractivity contribution in [1.82, 2.24) is 0 Å². The standard InChI is InChI=1S/C36H39N/c1-6-35(4,5)30-21-23-31(24-22-30)36(7-2,8-3)37(32-25-20-27-14-9-10-16-29(27)26-32)34-19-13-17-28-15-11-12-18-33(28)34/h9-26H,6-8H2,1-5H3. The summed E-state index contributed by atoms with van der Waals surface area (Å²) >= 11 is 0. The predicted molar refractivity (Wildman–Crippen MR) is 162 cm³/mol. The zero-order valence-electron chi connectivity index (χ0n) is 23.0. The molecule has 188 valence electrons. The summed E-state index contributed by atoms with van der Waals surface area (Å²) in [6.07, 6.45) is 3.12. The molecule has 0 amide bonds. The second-order valence-corrected chi connectivity index (χ2v) is 10.9. The van der Waals surface area contributed by atoms with E-state index in [9.17, 15) is 0 Å². The Morgan fingerprint density at radius 1 is 0.541 bits per heavy atom. The first-order valence-corrected chi connectivity index (χ1v) is 13.8. The highest BCUT2D eigenvalue weighted by Crippen LogP contribution is 2.47. The maximum Gasteiger partial charge on any atom is 0.0697 e. The van der Waals surface area contributed by atoms with Crippen LogP contribution in [0, 0.1) is 0 Å². The first-order valence-electron chi connectivity index (χ1n) is 13.8. The van der Waals surface area contributed by atoms with Crippen molar-refractivity contribution in [3.05, 3.63) is 120 Å². The molecule has 0 aliphatic carbocycles. The molecule has 0 unspecified atom stereocenters. The molecule has 0 atom stereocenters. The van der Waals surface area contributed by atoms with Crippen LogP contribution in [0.1, 0.15) is 65.0 Å². The lowest BCUT2D eigenvalue weighted by atomic mass is 9.78. The zero-order valence-corrected chi connectivity index (χ0v) is 23.0. The van der Waals surface area contributed by atoms with Gasteiger partial charge in [0.15, 0.2) is 0 Å². The van der Waals surface area contributed by atoms with Crippen LogP contribution in [0.4, 0.5) is 11.4 Å². The SMILES string of the molecule is CCC(C)(C)c1ccc(C(CC)(CC)N(c2ccc3ccccc3c2)c2cccc3ccccc23)cc1. The molecule has 0 radical (unpaired) electrons. The molecule has 0 heterocycles. The number of fused-ring (bicyclic) bond motifs is 2. The van der Waals surface area contributed by atoms with Crippen molar-refractivity contribution in [2.45, 2.75) is 64.8 Å². The third kappa shape index (κ3) is 4.42. The van der Waals surface area contributed by atoms with Crippen LogP contribution >= 0.6 is 0 Å². The fourth-order valence-electron chi connectivity index (χ4n) is 5.88. The summed E-state index contributed by atoms with van der Waals surface area (Å²) in [5, 5.41) is 5.10. The van der Waals surface area contributed by atoms with Crippen LogP contribution in [0.25, 0.3) is 21.5 Å². The van der Waals surface area contributed by atoms with E-state index < -0.39 is 0 Å². The highest BCUT2D eigenvalue weighted by atomic mass is 15.2. The number of rotatable bonds is 8. The van der Waals surface area contributed by atoms with Crippen LogP contribution in [0.2, 0.25) is 0 Å². The van der Waals surface area contributed by atoms with Crippen LogP contribution in [-0.2, 0) is 11.0 Å². The van der Waals surface area contributed by atoms with Crippen LogP contribution in [0.15, 0.2) is 109 Å². The van der Waals surface area contributed by atoms with E-state index in [0.29, 0.717) is 0 Å². The van der Waals surface area contributed by atoms with E-state index in [2.05, 4.69) is 149 Å². The topological polar surface area (TPSA) is 3.24 Å². The van der Waals surface area contributed by atoms with Crippen LogP contribution in [-0.4, -0.2) is 0 Å². The lowest BCUT2D eigenvalue weighted by molar-refractivity contribution is 0.403. The van der Waals surface area contributed by atoms with Gasteiger partial charge in [0.05, 0.1) is 5.54 Å². The summed E-state index contributed by atoms with van der Waals surface area (Å²) in [6, 6.07) is 40.6. The van der Waals surface area contributed by atoms with Crippen molar-refractivity contribution >= 4 is 32.9 Å². The lowest BCUT2D eigenvalue weighted by Gasteiger charge is -2.46. The van der Waals surface area contributed by atoms with Crippen molar-refractivity contribution in [3.63, 3.8) is 0 Å². The Hall–Kier alpha value is -3.58. The van der Waals surface area contributed by atoms with E-state index in [4.69, 9.17) is 0 Å². The Labute approximate surface area is 222 Å². The van der Waals surface area contributed by atoms with Gasteiger partial charge in [-0.3, -0.25) is 0 Å². The Balaban J connectivity index is 1.78. The minimum atomic E-state index is -0.193. The molecule has 5 aromatic rings. The van der Waals surface area contributed by atoms with Gasteiger partial charge in [0.25, 0.3) is 0 Å². The average molecular weight is 486 g/mol. The van der Waals surface area contributed by atoms with Gasteiger partial charge in [0.1, 0.15) is 0 Å². The summed E-state index contributed by atoms with van der Waals surface area (Å²) in [4.78, 5) is 2.63. The molecule has 5 rings (SSSR count). The molecule has 1 nitrogen and oxygen atoms in total. The highest BCUT2D eigenvalue weighted by Gasteiger charge is 2.38. The molecule has 37 heavy (non-hydrogen) atoms. The largest absolute Gasteiger partial charge is 0.331 e. The van der Waals surface area contributed by atoms with E-state index in [1.54, 1.807) is 0 Å². The minimum Gasteiger partial charge on any atom is -0.331 e. The van der Waals surface area contributed by atoms with E-state index in [1.165, 1.54) is 44.0 Å². The summed E-state index contributed by atoms with van der Waals surface area (Å²) < 4.78 is 0. The Morgan fingerprint density at radius 2 is 1.14 bits per heavy atom. The quantitative estimate of drug-likeness (QED) is 0.211. The molecular formula is C36H39N. The number of benzene rings is 5. The maximum atomic E-state index is 2.63. The maximum absolute atomic E-state index is 2.63. The van der Waals surface area contributed by atoms with Gasteiger partial charge in [0.2, 0.25) is 0 Å². The fourth-order valence-corrected chi connectivity index (χ4v) is 5.88. The van der Waals surface area contributed by atoms with Crippen molar-refractivity contribution in [1.29, 1.82) is 0 Å². The Bertz CT molecular complexity index is 1500. The summed E-state index contributed by atoms with van der Waals surface area (Å²) in [5.74, 6) is 0. The predicted octanol–water partition coefficient (Wildman–Crippen LogP) is 10.5. The first kappa shape index (κ1) is 25.1. The van der Waals surface area contributed by atoms with Crippen molar-refractivity contribution < 1.29 is 0 Å². The first-order chi connectivity index (χ1) is 17.9. The molecular weight excluding hydrogens is 446 g/mol. The number of hydrogen-bond acceptors (Lipinski definition) is 1. The number of nitrogens with zero attached hydrogens (tertiary/aromatic N) is 1. The Kier molecular flexibility index (Phi) is 6.82. The summed E-state index contributed by atoms with van der Waals surface area (Å²) in [7, 11) is 0. The smallest absolute Gasteiger partial charge is 0.0697 e. The molecule has 1 heteroatoms. The van der Waals surface area contributed by atoms with Gasteiger partial charge >= 0.3 is 0 Å². The van der Waals surface area contributed by atoms with E-state index in [-0.39, 0.29) is 11.0 Å². The summed E-state index contributed by atoms with van der Waals surface area (Å²) in [5.41, 5.74) is 5.25. The van der Waals surface area contributed by atoms with Crippen LogP contribution in [0.3, 0.4) is 0 Å². The molecule has 0 spiro atoms. The molecule has 0 aromatic heterocycles. The van der Waals surface area contributed by atoms with Crippen LogP contribution in [0.5, 0.6) is 0 Å². The lowest BCUT2D eigenvalue weighted by Crippen LogP contribution is -2.43. The third-order valence-electron chi connectivity index (χ3n) is 8.68. The Morgan fingerprint density at radius 3 is 1.81 bits per heavy atom. The fraction of sp³-hybridized carbons (Fsp3) is 0.278. The van der Waals surface area contributed by atoms with E-state index in [0.717, 1.165) is 19.3 Å². The van der Waals surface area contributed by atoms with Gasteiger partial charge in [0, 0.05) is 16.8 Å². The van der Waals surface area contributed by atoms with Crippen molar-refractivity contribution in [2.75, 3.05) is 4.90 Å². The molecule has 0 aliphatic rings. The van der Waals surface area contributed by atoms with Gasteiger partial charge in [-0.15, -0.1) is 0 Å². The molecule has 5 aromatic carbocycles. The molecule has 0 fully saturated rings. The summed E-state index contributed by atoms with van der Waals surface area (Å²) in [6.45, 7) is 11.6. The average Bonchev–Trinajstić information content (AvgIpc) is 2.95. The molecule has 0 aliphatic heterocycles. The van der Waals surface area contributed by atoms with E-state index in [1.807, 2.05) is 0 Å². The van der Waals surface area contributed by atoms with Gasteiger partial charge in [-0.1, -0.05) is 126 Å². The van der Waals surface area contributed by atoms with E-state index >= 15 is 0 Å². The van der Waals surface area contributed by atoms with Crippen molar-refractivity contribution in [2.24, 2.45) is 0 Å². The van der Waals surface area contributed by atoms with Gasteiger partial charge in [-0.2, -0.15) is 0 Å². The number of anilines is 2. The van der Waals surface area contributed by atoms with Gasteiger partial charge in [-0.25, -0.2) is 0 Å². The normalized spacial score (nSPS) is 12.2. The van der Waals surface area contributed by atoms with Crippen LogP contribution < -0.4 is 4.90 Å². The van der Waals surface area contributed by atoms with Gasteiger partial charge in [-0.05, 0) is 70.2 Å². The molecule has 0 bridgehead atoms. The molecule has 0 saturated carbocycles. The number of hydrogen-bond donors (Lipinski definition) is 0. The molecule has 0 saturated heterocycles. The van der Waals surface area contributed by atoms with Crippen molar-refractivity contribution in [3.8, 4) is 0 Å². The zero-order chi connectivity index (χ0) is 26.0. The minimum absolute atomic E-state index is 0.174. The molecule has 0 N–H and O–H groups in total. The highest BCUT2D eigenvalue weighted by molar-refractivity contribution is 5.98. The second-order valence-electron chi connectivity index (χ2n) is 10.9.